The van der Waals surface area contributed by atoms with Gasteiger partial charge in [-0.15, -0.1) is 12.4 Å². The van der Waals surface area contributed by atoms with E-state index < -0.39 is 0 Å². The van der Waals surface area contributed by atoms with E-state index in [4.69, 9.17) is 0 Å². The number of halogens is 1. The molecule has 3 nitrogen and oxygen atoms in total. The Labute approximate surface area is 123 Å². The molecule has 0 atom stereocenters. The van der Waals surface area contributed by atoms with Crippen molar-refractivity contribution in [2.75, 3.05) is 13.1 Å². The summed E-state index contributed by atoms with van der Waals surface area (Å²) in [6.07, 6.45) is 7.56. The molecule has 4 heteroatoms. The van der Waals surface area contributed by atoms with Gasteiger partial charge in [0.25, 0.3) is 0 Å². The molecule has 2 aliphatic carbocycles. The maximum atomic E-state index is 11.8. The summed E-state index contributed by atoms with van der Waals surface area (Å²) in [5.41, 5.74) is 0. The van der Waals surface area contributed by atoms with Gasteiger partial charge in [0, 0.05) is 6.04 Å². The van der Waals surface area contributed by atoms with E-state index in [0.29, 0.717) is 12.6 Å². The molecule has 2 rings (SSSR count). The Morgan fingerprint density at radius 1 is 1.11 bits per heavy atom. The lowest BCUT2D eigenvalue weighted by Crippen LogP contribution is -2.42. The van der Waals surface area contributed by atoms with Gasteiger partial charge in [0.15, 0.2) is 0 Å². The molecule has 112 valence electrons. The summed E-state index contributed by atoms with van der Waals surface area (Å²) >= 11 is 0. The number of rotatable bonds is 6. The lowest BCUT2D eigenvalue weighted by Gasteiger charge is -2.31. The zero-order valence-electron chi connectivity index (χ0n) is 12.3. The van der Waals surface area contributed by atoms with Gasteiger partial charge in [0.2, 0.25) is 5.91 Å². The number of amides is 1. The second-order valence-electron chi connectivity index (χ2n) is 6.50. The van der Waals surface area contributed by atoms with Crippen LogP contribution in [0, 0.1) is 17.8 Å². The minimum absolute atomic E-state index is 0. The van der Waals surface area contributed by atoms with E-state index in [1.165, 1.54) is 25.7 Å². The summed E-state index contributed by atoms with van der Waals surface area (Å²) in [5.74, 6) is 2.69. The Morgan fingerprint density at radius 3 is 2.26 bits per heavy atom. The standard InChI is InChI=1S/C15H28N2O.ClH/c1-11(2)13-5-7-14(8-6-13)17-15(18)10-16-9-12-3-4-12;/h11-14,16H,3-10H2,1-2H3,(H,17,18);1H. The van der Waals surface area contributed by atoms with Crippen LogP contribution in [0.15, 0.2) is 0 Å². The van der Waals surface area contributed by atoms with Crippen LogP contribution in [0.25, 0.3) is 0 Å². The van der Waals surface area contributed by atoms with Crippen molar-refractivity contribution in [3.8, 4) is 0 Å². The topological polar surface area (TPSA) is 41.1 Å². The van der Waals surface area contributed by atoms with Crippen molar-refractivity contribution in [3.05, 3.63) is 0 Å². The molecular formula is C15H29ClN2O. The van der Waals surface area contributed by atoms with Gasteiger partial charge in [-0.2, -0.15) is 0 Å². The molecular weight excluding hydrogens is 260 g/mol. The molecule has 2 N–H and O–H groups in total. The van der Waals surface area contributed by atoms with Gasteiger partial charge in [-0.3, -0.25) is 4.79 Å². The fraction of sp³-hybridized carbons (Fsp3) is 0.933. The van der Waals surface area contributed by atoms with Gasteiger partial charge < -0.3 is 10.6 Å². The third-order valence-corrected chi connectivity index (χ3v) is 4.50. The minimum Gasteiger partial charge on any atom is -0.352 e. The molecule has 1 amide bonds. The van der Waals surface area contributed by atoms with Crippen molar-refractivity contribution in [2.24, 2.45) is 17.8 Å². The van der Waals surface area contributed by atoms with Crippen LogP contribution in [0.3, 0.4) is 0 Å². The van der Waals surface area contributed by atoms with Crippen molar-refractivity contribution in [1.29, 1.82) is 0 Å². The maximum absolute atomic E-state index is 11.8. The number of carbonyl (C=O) groups excluding carboxylic acids is 1. The highest BCUT2D eigenvalue weighted by molar-refractivity contribution is 5.85. The van der Waals surface area contributed by atoms with Crippen LogP contribution in [0.4, 0.5) is 0 Å². The average molecular weight is 289 g/mol. The summed E-state index contributed by atoms with van der Waals surface area (Å²) in [7, 11) is 0. The largest absolute Gasteiger partial charge is 0.352 e. The molecule has 0 aromatic rings. The van der Waals surface area contributed by atoms with Crippen LogP contribution in [-0.2, 0) is 4.79 Å². The highest BCUT2D eigenvalue weighted by Crippen LogP contribution is 2.29. The van der Waals surface area contributed by atoms with Gasteiger partial charge in [-0.25, -0.2) is 0 Å². The van der Waals surface area contributed by atoms with Gasteiger partial charge >= 0.3 is 0 Å². The highest BCUT2D eigenvalue weighted by atomic mass is 35.5. The predicted molar refractivity (Wildman–Crippen MR) is 81.6 cm³/mol. The maximum Gasteiger partial charge on any atom is 0.234 e. The van der Waals surface area contributed by atoms with E-state index in [0.717, 1.165) is 37.1 Å². The summed E-state index contributed by atoms with van der Waals surface area (Å²) < 4.78 is 0. The fourth-order valence-electron chi connectivity index (χ4n) is 2.92. The third-order valence-electron chi connectivity index (χ3n) is 4.50. The van der Waals surface area contributed by atoms with Crippen LogP contribution in [0.2, 0.25) is 0 Å². The molecule has 0 aromatic heterocycles. The summed E-state index contributed by atoms with van der Waals surface area (Å²) in [5, 5.41) is 6.42. The smallest absolute Gasteiger partial charge is 0.234 e. The first-order valence-electron chi connectivity index (χ1n) is 7.65. The molecule has 0 heterocycles. The predicted octanol–water partition coefficient (Wildman–Crippen LogP) is 2.74. The Balaban J connectivity index is 0.00000180. The summed E-state index contributed by atoms with van der Waals surface area (Å²) in [6.45, 7) is 6.14. The van der Waals surface area contributed by atoms with E-state index in [-0.39, 0.29) is 18.3 Å². The molecule has 0 spiro atoms. The van der Waals surface area contributed by atoms with E-state index in [2.05, 4.69) is 24.5 Å². The van der Waals surface area contributed by atoms with Crippen LogP contribution in [-0.4, -0.2) is 25.0 Å². The zero-order chi connectivity index (χ0) is 13.0. The Bertz CT molecular complexity index is 271. The molecule has 2 aliphatic rings. The minimum atomic E-state index is 0. The number of carbonyl (C=O) groups is 1. The summed E-state index contributed by atoms with van der Waals surface area (Å²) in [6, 6.07) is 0.426. The van der Waals surface area contributed by atoms with Crippen molar-refractivity contribution in [1.82, 2.24) is 10.6 Å². The molecule has 2 saturated carbocycles. The molecule has 0 aromatic carbocycles. The molecule has 0 radical (unpaired) electrons. The first kappa shape index (κ1) is 16.8. The van der Waals surface area contributed by atoms with Crippen LogP contribution >= 0.6 is 12.4 Å². The molecule has 19 heavy (non-hydrogen) atoms. The van der Waals surface area contributed by atoms with Crippen molar-refractivity contribution in [2.45, 2.75) is 58.4 Å². The molecule has 0 saturated heterocycles. The van der Waals surface area contributed by atoms with E-state index >= 15 is 0 Å². The number of hydrogen-bond acceptors (Lipinski definition) is 2. The second kappa shape index (κ2) is 8.11. The second-order valence-corrected chi connectivity index (χ2v) is 6.50. The first-order chi connectivity index (χ1) is 8.65. The van der Waals surface area contributed by atoms with Gasteiger partial charge in [-0.05, 0) is 62.8 Å². The monoisotopic (exact) mass is 288 g/mol. The van der Waals surface area contributed by atoms with Crippen molar-refractivity contribution >= 4 is 18.3 Å². The highest BCUT2D eigenvalue weighted by Gasteiger charge is 2.24. The Hall–Kier alpha value is -0.280. The lowest BCUT2D eigenvalue weighted by molar-refractivity contribution is -0.121. The Morgan fingerprint density at radius 2 is 1.74 bits per heavy atom. The molecule has 2 fully saturated rings. The van der Waals surface area contributed by atoms with Gasteiger partial charge in [-0.1, -0.05) is 13.8 Å². The fourth-order valence-corrected chi connectivity index (χ4v) is 2.92. The quantitative estimate of drug-likeness (QED) is 0.789. The van der Waals surface area contributed by atoms with Gasteiger partial charge in [0.1, 0.15) is 0 Å². The number of nitrogens with one attached hydrogen (secondary N) is 2. The number of hydrogen-bond donors (Lipinski definition) is 2. The molecule has 0 aliphatic heterocycles. The molecule has 0 bridgehead atoms. The normalized spacial score (nSPS) is 26.9. The van der Waals surface area contributed by atoms with Crippen LogP contribution in [0.1, 0.15) is 52.4 Å². The van der Waals surface area contributed by atoms with Crippen LogP contribution in [0.5, 0.6) is 0 Å². The van der Waals surface area contributed by atoms with Crippen molar-refractivity contribution < 1.29 is 4.79 Å². The Kier molecular flexibility index (Phi) is 7.16. The van der Waals surface area contributed by atoms with Gasteiger partial charge in [0.05, 0.1) is 6.54 Å². The third kappa shape index (κ3) is 6.13. The molecule has 0 unspecified atom stereocenters. The van der Waals surface area contributed by atoms with E-state index in [1.807, 2.05) is 0 Å². The average Bonchev–Trinajstić information content (AvgIpc) is 3.13. The lowest BCUT2D eigenvalue weighted by atomic mass is 9.80. The van der Waals surface area contributed by atoms with Crippen molar-refractivity contribution in [3.63, 3.8) is 0 Å². The van der Waals surface area contributed by atoms with Crippen LogP contribution < -0.4 is 10.6 Å². The zero-order valence-corrected chi connectivity index (χ0v) is 13.1. The first-order valence-corrected chi connectivity index (χ1v) is 7.65. The SMILES string of the molecule is CC(C)C1CCC(NC(=O)CNCC2CC2)CC1.Cl. The van der Waals surface area contributed by atoms with E-state index in [1.54, 1.807) is 0 Å². The summed E-state index contributed by atoms with van der Waals surface area (Å²) in [4.78, 5) is 11.8. The van der Waals surface area contributed by atoms with E-state index in [9.17, 15) is 4.79 Å².